The Hall–Kier alpha value is -0.776. The summed E-state index contributed by atoms with van der Waals surface area (Å²) < 4.78 is 4.84. The summed E-state index contributed by atoms with van der Waals surface area (Å²) in [6.07, 6.45) is 2.72. The molecule has 6 heteroatoms. The first-order valence-corrected chi connectivity index (χ1v) is 7.50. The number of carbonyl (C=O) groups excluding carboxylic acids is 2. The normalized spacial score (nSPS) is 15.4. The number of anilines is 1. The van der Waals surface area contributed by atoms with Gasteiger partial charge in [0, 0.05) is 32.7 Å². The smallest absolute Gasteiger partial charge is 0.339 e. The van der Waals surface area contributed by atoms with Gasteiger partial charge in [0.05, 0.1) is 18.4 Å². The van der Waals surface area contributed by atoms with Crippen LogP contribution < -0.4 is 5.32 Å². The van der Waals surface area contributed by atoms with E-state index in [0.29, 0.717) is 11.3 Å². The number of aryl methyl sites for hydroxylation is 2. The van der Waals surface area contributed by atoms with Crippen LogP contribution in [-0.4, -0.2) is 43.5 Å². The molecule has 5 nitrogen and oxygen atoms in total. The molecule has 1 radical (unpaired) electrons. The molecule has 23 heavy (non-hydrogen) atoms. The second-order valence-electron chi connectivity index (χ2n) is 6.23. The number of nitrogens with zero attached hydrogens (tertiary/aromatic N) is 1. The van der Waals surface area contributed by atoms with Gasteiger partial charge in [-0.2, -0.15) is 0 Å². The molecule has 0 aromatic heterocycles. The van der Waals surface area contributed by atoms with Gasteiger partial charge in [0.15, 0.2) is 0 Å². The monoisotopic (exact) mass is 393 g/mol. The second kappa shape index (κ2) is 7.86. The molecule has 0 saturated heterocycles. The van der Waals surface area contributed by atoms with Crippen LogP contribution in [0.15, 0.2) is 12.1 Å². The Balaban J connectivity index is 0.00000264. The van der Waals surface area contributed by atoms with Crippen molar-refractivity contribution in [2.45, 2.75) is 38.6 Å². The van der Waals surface area contributed by atoms with Gasteiger partial charge in [-0.05, 0) is 64.4 Å². The minimum absolute atomic E-state index is 0. The molecule has 0 spiro atoms. The minimum atomic E-state index is -0.468. The van der Waals surface area contributed by atoms with E-state index in [1.165, 1.54) is 7.11 Å². The Morgan fingerprint density at radius 1 is 1.22 bits per heavy atom. The van der Waals surface area contributed by atoms with Crippen molar-refractivity contribution in [3.05, 3.63) is 28.8 Å². The van der Waals surface area contributed by atoms with Gasteiger partial charge in [-0.3, -0.25) is 9.69 Å². The zero-order valence-electron chi connectivity index (χ0n) is 14.5. The number of ether oxygens (including phenoxy) is 1. The van der Waals surface area contributed by atoms with Crippen molar-refractivity contribution in [2.75, 3.05) is 26.5 Å². The SMILES string of the molecule is COC(=O)c1cc(C)cc(C)c1NC(=O)C1(N(C)C)CCC1.[Y]. The van der Waals surface area contributed by atoms with Crippen molar-refractivity contribution in [1.82, 2.24) is 4.90 Å². The van der Waals surface area contributed by atoms with Crippen molar-refractivity contribution in [3.8, 4) is 0 Å². The maximum atomic E-state index is 12.8. The summed E-state index contributed by atoms with van der Waals surface area (Å²) in [6, 6.07) is 3.70. The van der Waals surface area contributed by atoms with Crippen LogP contribution in [0.2, 0.25) is 0 Å². The molecule has 1 saturated carbocycles. The Morgan fingerprint density at radius 2 is 1.83 bits per heavy atom. The Morgan fingerprint density at radius 3 is 2.26 bits per heavy atom. The first-order valence-electron chi connectivity index (χ1n) is 7.50. The third kappa shape index (κ3) is 3.84. The van der Waals surface area contributed by atoms with E-state index >= 15 is 0 Å². The van der Waals surface area contributed by atoms with Gasteiger partial charge in [-0.15, -0.1) is 0 Å². The quantitative estimate of drug-likeness (QED) is 0.799. The van der Waals surface area contributed by atoms with Crippen LogP contribution in [0.1, 0.15) is 40.7 Å². The molecule has 0 atom stereocenters. The maximum absolute atomic E-state index is 12.8. The molecule has 0 bridgehead atoms. The van der Waals surface area contributed by atoms with Crippen LogP contribution >= 0.6 is 0 Å². The van der Waals surface area contributed by atoms with E-state index in [-0.39, 0.29) is 38.6 Å². The van der Waals surface area contributed by atoms with Gasteiger partial charge in [-0.25, -0.2) is 4.79 Å². The zero-order valence-corrected chi connectivity index (χ0v) is 17.4. The standard InChI is InChI=1S/C17H24N2O3.Y/c1-11-9-12(2)14(13(10-11)15(20)22-5)18-16(21)17(19(3)4)7-6-8-17;/h9-10H,6-8H2,1-5H3,(H,18,21);. The average molecular weight is 393 g/mol. The molecule has 1 aromatic carbocycles. The fourth-order valence-corrected chi connectivity index (χ4v) is 3.02. The molecule has 1 aliphatic carbocycles. The summed E-state index contributed by atoms with van der Waals surface area (Å²) in [5, 5.41) is 2.96. The van der Waals surface area contributed by atoms with Gasteiger partial charge in [0.2, 0.25) is 5.91 Å². The van der Waals surface area contributed by atoms with Gasteiger partial charge in [-0.1, -0.05) is 6.07 Å². The number of amides is 1. The number of hydrogen-bond donors (Lipinski definition) is 1. The predicted molar refractivity (Wildman–Crippen MR) is 86.2 cm³/mol. The molecule has 1 aromatic rings. The number of methoxy groups -OCH3 is 1. The van der Waals surface area contributed by atoms with E-state index in [1.54, 1.807) is 6.07 Å². The van der Waals surface area contributed by atoms with Gasteiger partial charge in [0.1, 0.15) is 5.54 Å². The van der Waals surface area contributed by atoms with Crippen molar-refractivity contribution in [1.29, 1.82) is 0 Å². The van der Waals surface area contributed by atoms with Crippen LogP contribution in [0.25, 0.3) is 0 Å². The topological polar surface area (TPSA) is 58.6 Å². The molecule has 0 aliphatic heterocycles. The number of carbonyl (C=O) groups is 2. The van der Waals surface area contributed by atoms with Crippen LogP contribution in [0, 0.1) is 13.8 Å². The van der Waals surface area contributed by atoms with E-state index < -0.39 is 11.5 Å². The molecular formula is C17H24N2O3Y. The number of esters is 1. The van der Waals surface area contributed by atoms with Gasteiger partial charge in [0.25, 0.3) is 0 Å². The summed E-state index contributed by atoms with van der Waals surface area (Å²) in [4.78, 5) is 26.7. The summed E-state index contributed by atoms with van der Waals surface area (Å²) in [5.74, 6) is -0.490. The molecule has 1 amide bonds. The van der Waals surface area contributed by atoms with Crippen LogP contribution in [0.4, 0.5) is 5.69 Å². The Labute approximate surface area is 163 Å². The van der Waals surface area contributed by atoms with Crippen molar-refractivity contribution >= 4 is 17.6 Å². The molecule has 1 aliphatic rings. The first kappa shape index (κ1) is 20.3. The van der Waals surface area contributed by atoms with Gasteiger partial charge >= 0.3 is 5.97 Å². The zero-order chi connectivity index (χ0) is 16.5. The van der Waals surface area contributed by atoms with E-state index in [4.69, 9.17) is 4.74 Å². The fourth-order valence-electron chi connectivity index (χ4n) is 3.02. The van der Waals surface area contributed by atoms with Crippen molar-refractivity contribution in [3.63, 3.8) is 0 Å². The molecule has 123 valence electrons. The maximum Gasteiger partial charge on any atom is 0.339 e. The molecular weight excluding hydrogens is 369 g/mol. The molecule has 1 fully saturated rings. The van der Waals surface area contributed by atoms with Crippen molar-refractivity contribution in [2.24, 2.45) is 0 Å². The molecule has 0 unspecified atom stereocenters. The van der Waals surface area contributed by atoms with E-state index in [2.05, 4.69) is 5.32 Å². The van der Waals surface area contributed by atoms with Crippen LogP contribution in [0.3, 0.4) is 0 Å². The molecule has 2 rings (SSSR count). The van der Waals surface area contributed by atoms with E-state index in [0.717, 1.165) is 30.4 Å². The minimum Gasteiger partial charge on any atom is -0.465 e. The third-order valence-electron chi connectivity index (χ3n) is 4.58. The number of hydrogen-bond acceptors (Lipinski definition) is 4. The van der Waals surface area contributed by atoms with E-state index in [9.17, 15) is 9.59 Å². The molecule has 0 heterocycles. The Bertz CT molecular complexity index is 610. The number of benzene rings is 1. The first-order chi connectivity index (χ1) is 10.3. The number of likely N-dealkylation sites (N-methyl/N-ethyl adjacent to an activating group) is 1. The predicted octanol–water partition coefficient (Wildman–Crippen LogP) is 2.51. The number of nitrogens with one attached hydrogen (secondary N) is 1. The Kier molecular flexibility index (Phi) is 6.93. The summed E-state index contributed by atoms with van der Waals surface area (Å²) in [7, 11) is 5.18. The second-order valence-corrected chi connectivity index (χ2v) is 6.23. The van der Waals surface area contributed by atoms with Crippen LogP contribution in [-0.2, 0) is 42.2 Å². The van der Waals surface area contributed by atoms with Crippen LogP contribution in [0.5, 0.6) is 0 Å². The summed E-state index contributed by atoms with van der Waals surface area (Å²) >= 11 is 0. The third-order valence-corrected chi connectivity index (χ3v) is 4.58. The average Bonchev–Trinajstić information content (AvgIpc) is 2.38. The molecule has 1 N–H and O–H groups in total. The number of rotatable bonds is 4. The summed E-state index contributed by atoms with van der Waals surface area (Å²) in [6.45, 7) is 3.80. The van der Waals surface area contributed by atoms with E-state index in [1.807, 2.05) is 38.9 Å². The largest absolute Gasteiger partial charge is 0.465 e. The van der Waals surface area contributed by atoms with Crippen molar-refractivity contribution < 1.29 is 47.0 Å². The fraction of sp³-hybridized carbons (Fsp3) is 0.529. The summed E-state index contributed by atoms with van der Waals surface area (Å²) in [5.41, 5.74) is 2.31. The van der Waals surface area contributed by atoms with Gasteiger partial charge < -0.3 is 10.1 Å².